The predicted molar refractivity (Wildman–Crippen MR) is 77.6 cm³/mol. The third-order valence-electron chi connectivity index (χ3n) is 3.52. The molecule has 0 atom stereocenters. The number of rotatable bonds is 1. The van der Waals surface area contributed by atoms with Gasteiger partial charge >= 0.3 is 12.4 Å². The van der Waals surface area contributed by atoms with Gasteiger partial charge in [0.2, 0.25) is 0 Å². The number of nitrogen functional groups attached to an aromatic ring is 1. The van der Waals surface area contributed by atoms with Crippen LogP contribution in [0.2, 0.25) is 0 Å². The number of halogens is 6. The van der Waals surface area contributed by atoms with Gasteiger partial charge in [-0.1, -0.05) is 0 Å². The topological polar surface area (TPSA) is 56.2 Å². The second-order valence-electron chi connectivity index (χ2n) is 5.48. The van der Waals surface area contributed by atoms with E-state index < -0.39 is 23.5 Å². The van der Waals surface area contributed by atoms with Crippen LogP contribution in [-0.2, 0) is 12.4 Å². The number of benzene rings is 1. The van der Waals surface area contributed by atoms with E-state index in [1.54, 1.807) is 13.0 Å². The molecule has 0 aliphatic carbocycles. The molecule has 2 N–H and O–H groups in total. The number of nitrogens with two attached hydrogens (primary N) is 1. The zero-order valence-corrected chi connectivity index (χ0v) is 12.6. The second-order valence-corrected chi connectivity index (χ2v) is 5.48. The van der Waals surface area contributed by atoms with E-state index in [0.717, 1.165) is 0 Å². The quantitative estimate of drug-likeness (QED) is 0.658. The van der Waals surface area contributed by atoms with Crippen LogP contribution in [0, 0.1) is 6.92 Å². The normalized spacial score (nSPS) is 12.8. The summed E-state index contributed by atoms with van der Waals surface area (Å²) in [5.41, 5.74) is 3.56. The van der Waals surface area contributed by atoms with Crippen molar-refractivity contribution in [3.05, 3.63) is 47.2 Å². The molecule has 1 aromatic carbocycles. The van der Waals surface area contributed by atoms with Gasteiger partial charge in [-0.05, 0) is 36.8 Å². The number of aryl methyl sites for hydroxylation is 1. The number of nitrogens with zero attached hydrogens (tertiary/aromatic N) is 3. The van der Waals surface area contributed by atoms with Gasteiger partial charge in [0.15, 0.2) is 11.5 Å². The van der Waals surface area contributed by atoms with E-state index in [-0.39, 0.29) is 28.8 Å². The molecule has 25 heavy (non-hydrogen) atoms. The summed E-state index contributed by atoms with van der Waals surface area (Å²) < 4.78 is 79.2. The molecule has 2 aromatic heterocycles. The van der Waals surface area contributed by atoms with Gasteiger partial charge in [0, 0.05) is 11.8 Å². The van der Waals surface area contributed by atoms with Crippen molar-refractivity contribution in [3.8, 4) is 11.4 Å². The first-order valence-corrected chi connectivity index (χ1v) is 6.87. The van der Waals surface area contributed by atoms with Crippen LogP contribution >= 0.6 is 0 Å². The zero-order valence-electron chi connectivity index (χ0n) is 12.6. The van der Waals surface area contributed by atoms with E-state index >= 15 is 0 Å². The van der Waals surface area contributed by atoms with Crippen LogP contribution in [0.15, 0.2) is 30.5 Å². The first-order chi connectivity index (χ1) is 11.5. The molecular formula is C15H10F6N4. The summed E-state index contributed by atoms with van der Waals surface area (Å²) in [7, 11) is 0. The van der Waals surface area contributed by atoms with Crippen LogP contribution in [0.3, 0.4) is 0 Å². The maximum atomic E-state index is 13.0. The largest absolute Gasteiger partial charge is 0.416 e. The lowest BCUT2D eigenvalue weighted by molar-refractivity contribution is -0.143. The van der Waals surface area contributed by atoms with E-state index in [1.165, 1.54) is 10.6 Å². The molecule has 0 fully saturated rings. The number of alkyl halides is 6. The number of anilines is 1. The van der Waals surface area contributed by atoms with Crippen molar-refractivity contribution in [2.75, 3.05) is 5.73 Å². The molecule has 0 spiro atoms. The number of pyridine rings is 1. The molecule has 0 unspecified atom stereocenters. The Kier molecular flexibility index (Phi) is 3.66. The van der Waals surface area contributed by atoms with E-state index in [2.05, 4.69) is 10.2 Å². The van der Waals surface area contributed by atoms with Gasteiger partial charge in [-0.15, -0.1) is 10.2 Å². The average molecular weight is 360 g/mol. The molecule has 0 aliphatic heterocycles. The van der Waals surface area contributed by atoms with Crippen molar-refractivity contribution in [2.45, 2.75) is 19.3 Å². The van der Waals surface area contributed by atoms with Crippen molar-refractivity contribution in [1.82, 2.24) is 14.6 Å². The Bertz CT molecular complexity index is 923. The number of hydrogen-bond donors (Lipinski definition) is 1. The Hall–Kier alpha value is -2.78. The third kappa shape index (κ3) is 3.11. The van der Waals surface area contributed by atoms with Gasteiger partial charge in [0.25, 0.3) is 0 Å². The molecule has 10 heteroatoms. The molecule has 3 rings (SSSR count). The number of aromatic nitrogens is 3. The lowest BCUT2D eigenvalue weighted by Crippen LogP contribution is -2.11. The van der Waals surface area contributed by atoms with Crippen LogP contribution in [0.5, 0.6) is 0 Å². The summed E-state index contributed by atoms with van der Waals surface area (Å²) in [5, 5.41) is 7.46. The highest BCUT2D eigenvalue weighted by molar-refractivity contribution is 5.70. The standard InChI is InChI=1S/C15H10F6N4/c1-7-2-11(22)13-24-23-12(25(13)6-7)8-3-9(14(16,17)18)5-10(4-8)15(19,20)21/h2-6H,22H2,1H3. The van der Waals surface area contributed by atoms with E-state index in [4.69, 9.17) is 5.73 Å². The smallest absolute Gasteiger partial charge is 0.396 e. The minimum atomic E-state index is -4.94. The van der Waals surface area contributed by atoms with Crippen molar-refractivity contribution in [1.29, 1.82) is 0 Å². The summed E-state index contributed by atoms with van der Waals surface area (Å²) in [6.45, 7) is 1.67. The molecule has 0 radical (unpaired) electrons. The maximum Gasteiger partial charge on any atom is 0.416 e. The van der Waals surface area contributed by atoms with Crippen LogP contribution in [0.4, 0.5) is 32.0 Å². The molecule has 4 nitrogen and oxygen atoms in total. The molecule has 2 heterocycles. The Labute approximate surface area is 136 Å². The van der Waals surface area contributed by atoms with Gasteiger partial charge in [-0.2, -0.15) is 26.3 Å². The minimum Gasteiger partial charge on any atom is -0.396 e. The predicted octanol–water partition coefficient (Wildman–Crippen LogP) is 4.32. The average Bonchev–Trinajstić information content (AvgIpc) is 2.89. The van der Waals surface area contributed by atoms with Crippen molar-refractivity contribution in [3.63, 3.8) is 0 Å². The van der Waals surface area contributed by atoms with Gasteiger partial charge < -0.3 is 5.73 Å². The molecular weight excluding hydrogens is 350 g/mol. The molecule has 0 saturated heterocycles. The molecule has 0 bridgehead atoms. The minimum absolute atomic E-state index is 0.0618. The summed E-state index contributed by atoms with van der Waals surface area (Å²) >= 11 is 0. The van der Waals surface area contributed by atoms with Gasteiger partial charge in [-0.25, -0.2) is 0 Å². The summed E-state index contributed by atoms with van der Waals surface area (Å²) in [5.74, 6) is -0.165. The highest BCUT2D eigenvalue weighted by atomic mass is 19.4. The van der Waals surface area contributed by atoms with E-state index in [9.17, 15) is 26.3 Å². The maximum absolute atomic E-state index is 13.0. The fraction of sp³-hybridized carbons (Fsp3) is 0.200. The van der Waals surface area contributed by atoms with Crippen LogP contribution < -0.4 is 5.73 Å². The van der Waals surface area contributed by atoms with Crippen molar-refractivity contribution < 1.29 is 26.3 Å². The van der Waals surface area contributed by atoms with E-state index in [0.29, 0.717) is 17.7 Å². The summed E-state index contributed by atoms with van der Waals surface area (Å²) in [4.78, 5) is 0. The SMILES string of the molecule is Cc1cc(N)c2nnc(-c3cc(C(F)(F)F)cc(C(F)(F)F)c3)n2c1. The van der Waals surface area contributed by atoms with Gasteiger partial charge in [0.1, 0.15) is 0 Å². The fourth-order valence-electron chi connectivity index (χ4n) is 2.44. The first kappa shape index (κ1) is 17.1. The fourth-order valence-corrected chi connectivity index (χ4v) is 2.44. The van der Waals surface area contributed by atoms with Crippen LogP contribution in [0.1, 0.15) is 16.7 Å². The van der Waals surface area contributed by atoms with Crippen LogP contribution in [0.25, 0.3) is 17.0 Å². The third-order valence-corrected chi connectivity index (χ3v) is 3.52. The summed E-state index contributed by atoms with van der Waals surface area (Å²) in [6, 6.07) is 2.84. The lowest BCUT2D eigenvalue weighted by atomic mass is 10.0. The second kappa shape index (κ2) is 5.36. The van der Waals surface area contributed by atoms with Crippen LogP contribution in [-0.4, -0.2) is 14.6 Å². The first-order valence-electron chi connectivity index (χ1n) is 6.87. The lowest BCUT2D eigenvalue weighted by Gasteiger charge is -2.13. The number of fused-ring (bicyclic) bond motifs is 1. The highest BCUT2D eigenvalue weighted by Gasteiger charge is 2.37. The highest BCUT2D eigenvalue weighted by Crippen LogP contribution is 2.38. The Morgan fingerprint density at radius 1 is 0.880 bits per heavy atom. The van der Waals surface area contributed by atoms with Gasteiger partial charge in [0.05, 0.1) is 16.8 Å². The van der Waals surface area contributed by atoms with E-state index in [1.807, 2.05) is 0 Å². The Morgan fingerprint density at radius 2 is 1.44 bits per heavy atom. The molecule has 0 aliphatic rings. The molecule has 132 valence electrons. The molecule has 0 amide bonds. The number of hydrogen-bond acceptors (Lipinski definition) is 3. The summed E-state index contributed by atoms with van der Waals surface area (Å²) in [6.07, 6.45) is -8.40. The Morgan fingerprint density at radius 3 is 1.96 bits per heavy atom. The monoisotopic (exact) mass is 360 g/mol. The zero-order chi connectivity index (χ0) is 18.6. The van der Waals surface area contributed by atoms with Crippen molar-refractivity contribution in [2.24, 2.45) is 0 Å². The molecule has 0 saturated carbocycles. The molecule has 3 aromatic rings. The Balaban J connectivity index is 2.30. The van der Waals surface area contributed by atoms with Crippen molar-refractivity contribution >= 4 is 11.3 Å². The van der Waals surface area contributed by atoms with Gasteiger partial charge in [-0.3, -0.25) is 4.40 Å².